The van der Waals surface area contributed by atoms with Gasteiger partial charge in [0.2, 0.25) is 0 Å². The summed E-state index contributed by atoms with van der Waals surface area (Å²) in [5, 5.41) is 9.69. The maximum absolute atomic E-state index is 11.8. The third-order valence-electron chi connectivity index (χ3n) is 4.96. The zero-order valence-corrected chi connectivity index (χ0v) is 15.3. The Morgan fingerprint density at radius 3 is 2.77 bits per heavy atom. The standard InChI is InChI=1S/C20H24N2O4/c1-13-6-4-10-21-18(13)19(22-11-5-7-16(22)20(23)24)15-9-8-14(25-2)12-17(15)26-3/h4,6,8-10,12,16,19H,5,7,11H2,1-3H3,(H,23,24). The zero-order valence-electron chi connectivity index (χ0n) is 15.3. The van der Waals surface area contributed by atoms with E-state index in [0.29, 0.717) is 24.5 Å². The van der Waals surface area contributed by atoms with E-state index in [0.717, 1.165) is 23.2 Å². The predicted molar refractivity (Wildman–Crippen MR) is 97.7 cm³/mol. The van der Waals surface area contributed by atoms with Crippen LogP contribution in [0.25, 0.3) is 0 Å². The van der Waals surface area contributed by atoms with Crippen LogP contribution in [0.3, 0.4) is 0 Å². The number of aromatic nitrogens is 1. The molecule has 6 heteroatoms. The van der Waals surface area contributed by atoms with Crippen molar-refractivity contribution in [3.63, 3.8) is 0 Å². The van der Waals surface area contributed by atoms with Crippen molar-refractivity contribution in [2.75, 3.05) is 20.8 Å². The first-order chi connectivity index (χ1) is 12.6. The summed E-state index contributed by atoms with van der Waals surface area (Å²) in [7, 11) is 3.22. The number of aliphatic carboxylic acids is 1. The molecule has 2 unspecified atom stereocenters. The molecule has 3 rings (SSSR count). The molecule has 1 aromatic carbocycles. The van der Waals surface area contributed by atoms with Crippen LogP contribution in [0.4, 0.5) is 0 Å². The number of hydrogen-bond donors (Lipinski definition) is 1. The third kappa shape index (κ3) is 3.37. The van der Waals surface area contributed by atoms with Crippen molar-refractivity contribution in [1.82, 2.24) is 9.88 Å². The van der Waals surface area contributed by atoms with E-state index in [4.69, 9.17) is 9.47 Å². The molecule has 1 saturated heterocycles. The fourth-order valence-electron chi connectivity index (χ4n) is 3.67. The van der Waals surface area contributed by atoms with Gasteiger partial charge >= 0.3 is 5.97 Å². The van der Waals surface area contributed by atoms with Gasteiger partial charge in [0.1, 0.15) is 17.5 Å². The molecular formula is C20H24N2O4. The number of nitrogens with zero attached hydrogens (tertiary/aromatic N) is 2. The number of methoxy groups -OCH3 is 2. The number of carbonyl (C=O) groups is 1. The average Bonchev–Trinajstić information content (AvgIpc) is 3.13. The van der Waals surface area contributed by atoms with E-state index in [2.05, 4.69) is 4.98 Å². The molecule has 0 radical (unpaired) electrons. The highest BCUT2D eigenvalue weighted by Crippen LogP contribution is 2.40. The van der Waals surface area contributed by atoms with E-state index in [9.17, 15) is 9.90 Å². The Hall–Kier alpha value is -2.60. The van der Waals surface area contributed by atoms with Crippen molar-refractivity contribution in [3.8, 4) is 11.5 Å². The summed E-state index contributed by atoms with van der Waals surface area (Å²) in [5.41, 5.74) is 2.76. The molecule has 0 saturated carbocycles. The number of carboxylic acid groups (broad SMARTS) is 1. The van der Waals surface area contributed by atoms with Crippen LogP contribution in [0, 0.1) is 6.92 Å². The summed E-state index contributed by atoms with van der Waals surface area (Å²) in [5.74, 6) is 0.558. The maximum atomic E-state index is 11.8. The second-order valence-electron chi connectivity index (χ2n) is 6.45. The van der Waals surface area contributed by atoms with Crippen LogP contribution in [0.2, 0.25) is 0 Å². The van der Waals surface area contributed by atoms with Crippen molar-refractivity contribution in [2.45, 2.75) is 31.8 Å². The van der Waals surface area contributed by atoms with Gasteiger partial charge in [-0.3, -0.25) is 14.7 Å². The highest BCUT2D eigenvalue weighted by atomic mass is 16.5. The quantitative estimate of drug-likeness (QED) is 0.858. The van der Waals surface area contributed by atoms with Gasteiger partial charge < -0.3 is 14.6 Å². The third-order valence-corrected chi connectivity index (χ3v) is 4.96. The molecule has 1 aromatic heterocycles. The van der Waals surface area contributed by atoms with E-state index in [1.165, 1.54) is 0 Å². The number of carboxylic acids is 1. The number of ether oxygens (including phenoxy) is 2. The van der Waals surface area contributed by atoms with Gasteiger partial charge in [-0.25, -0.2) is 0 Å². The Kier molecular flexibility index (Phi) is 5.42. The molecular weight excluding hydrogens is 332 g/mol. The van der Waals surface area contributed by atoms with Crippen molar-refractivity contribution >= 4 is 5.97 Å². The minimum absolute atomic E-state index is 0.291. The molecule has 1 fully saturated rings. The molecule has 1 aliphatic rings. The van der Waals surface area contributed by atoms with Gasteiger partial charge in [0.05, 0.1) is 26.0 Å². The molecule has 1 aliphatic heterocycles. The van der Waals surface area contributed by atoms with E-state index in [1.54, 1.807) is 20.4 Å². The van der Waals surface area contributed by atoms with Crippen LogP contribution in [0.5, 0.6) is 11.5 Å². The number of pyridine rings is 1. The van der Waals surface area contributed by atoms with E-state index in [-0.39, 0.29) is 6.04 Å². The molecule has 1 N–H and O–H groups in total. The molecule has 2 aromatic rings. The van der Waals surface area contributed by atoms with Crippen LogP contribution in [-0.4, -0.2) is 47.8 Å². The van der Waals surface area contributed by atoms with Crippen LogP contribution >= 0.6 is 0 Å². The Balaban J connectivity index is 2.16. The highest BCUT2D eigenvalue weighted by Gasteiger charge is 2.39. The Labute approximate surface area is 153 Å². The fraction of sp³-hybridized carbons (Fsp3) is 0.400. The summed E-state index contributed by atoms with van der Waals surface area (Å²) in [6.45, 7) is 2.70. The highest BCUT2D eigenvalue weighted by molar-refractivity contribution is 5.74. The fourth-order valence-corrected chi connectivity index (χ4v) is 3.67. The molecule has 6 nitrogen and oxygen atoms in total. The van der Waals surface area contributed by atoms with Crippen LogP contribution in [-0.2, 0) is 4.79 Å². The van der Waals surface area contributed by atoms with Crippen LogP contribution in [0.15, 0.2) is 36.5 Å². The predicted octanol–water partition coefficient (Wildman–Crippen LogP) is 3.05. The van der Waals surface area contributed by atoms with Crippen molar-refractivity contribution < 1.29 is 19.4 Å². The van der Waals surface area contributed by atoms with E-state index < -0.39 is 12.0 Å². The summed E-state index contributed by atoms with van der Waals surface area (Å²) >= 11 is 0. The normalized spacial score (nSPS) is 18.5. The molecule has 2 atom stereocenters. The summed E-state index contributed by atoms with van der Waals surface area (Å²) in [6.07, 6.45) is 3.23. The Morgan fingerprint density at radius 1 is 1.31 bits per heavy atom. The lowest BCUT2D eigenvalue weighted by atomic mass is 9.96. The minimum Gasteiger partial charge on any atom is -0.497 e. The molecule has 2 heterocycles. The number of rotatable bonds is 6. The van der Waals surface area contributed by atoms with Crippen molar-refractivity contribution in [2.24, 2.45) is 0 Å². The van der Waals surface area contributed by atoms with Crippen LogP contribution < -0.4 is 9.47 Å². The summed E-state index contributed by atoms with van der Waals surface area (Å²) < 4.78 is 10.9. The second-order valence-corrected chi connectivity index (χ2v) is 6.45. The minimum atomic E-state index is -0.798. The monoisotopic (exact) mass is 356 g/mol. The SMILES string of the molecule is COc1ccc(C(c2ncccc2C)N2CCCC2C(=O)O)c(OC)c1. The average molecular weight is 356 g/mol. The summed E-state index contributed by atoms with van der Waals surface area (Å²) in [6, 6.07) is 8.69. The topological polar surface area (TPSA) is 71.9 Å². The number of benzene rings is 1. The second kappa shape index (κ2) is 7.74. The lowest BCUT2D eigenvalue weighted by molar-refractivity contribution is -0.142. The molecule has 0 aliphatic carbocycles. The van der Waals surface area contributed by atoms with Gasteiger partial charge in [0.25, 0.3) is 0 Å². The molecule has 0 bridgehead atoms. The molecule has 26 heavy (non-hydrogen) atoms. The Morgan fingerprint density at radius 2 is 2.12 bits per heavy atom. The lowest BCUT2D eigenvalue weighted by Gasteiger charge is -2.32. The molecule has 0 amide bonds. The number of hydrogen-bond acceptors (Lipinski definition) is 5. The lowest BCUT2D eigenvalue weighted by Crippen LogP contribution is -2.40. The molecule has 0 spiro atoms. The van der Waals surface area contributed by atoms with Crippen molar-refractivity contribution in [1.29, 1.82) is 0 Å². The van der Waals surface area contributed by atoms with Gasteiger partial charge in [0.15, 0.2) is 0 Å². The first-order valence-corrected chi connectivity index (χ1v) is 8.68. The van der Waals surface area contributed by atoms with Crippen LogP contribution in [0.1, 0.15) is 35.7 Å². The Bertz CT molecular complexity index is 793. The zero-order chi connectivity index (χ0) is 18.7. The van der Waals surface area contributed by atoms with Crippen molar-refractivity contribution in [3.05, 3.63) is 53.3 Å². The van der Waals surface area contributed by atoms with E-state index in [1.807, 2.05) is 42.2 Å². The van der Waals surface area contributed by atoms with Gasteiger partial charge in [-0.15, -0.1) is 0 Å². The maximum Gasteiger partial charge on any atom is 0.320 e. The largest absolute Gasteiger partial charge is 0.497 e. The number of likely N-dealkylation sites (tertiary alicyclic amines) is 1. The van der Waals surface area contributed by atoms with E-state index >= 15 is 0 Å². The smallest absolute Gasteiger partial charge is 0.320 e. The first kappa shape index (κ1) is 18.2. The summed E-state index contributed by atoms with van der Waals surface area (Å²) in [4.78, 5) is 18.4. The van der Waals surface area contributed by atoms with Gasteiger partial charge in [-0.1, -0.05) is 6.07 Å². The van der Waals surface area contributed by atoms with Gasteiger partial charge in [0, 0.05) is 24.4 Å². The first-order valence-electron chi connectivity index (χ1n) is 8.68. The van der Waals surface area contributed by atoms with Gasteiger partial charge in [-0.05, 0) is 43.5 Å². The number of aryl methyl sites for hydroxylation is 1. The van der Waals surface area contributed by atoms with Gasteiger partial charge in [-0.2, -0.15) is 0 Å². The molecule has 138 valence electrons.